The molecule has 0 spiro atoms. The molecule has 0 unspecified atom stereocenters. The highest BCUT2D eigenvalue weighted by Gasteiger charge is 2.30. The lowest BCUT2D eigenvalue weighted by Gasteiger charge is -2.35. The summed E-state index contributed by atoms with van der Waals surface area (Å²) in [6.45, 7) is 0. The van der Waals surface area contributed by atoms with Gasteiger partial charge in [0.25, 0.3) is 0 Å². The molecule has 3 rings (SSSR count). The minimum Gasteiger partial charge on any atom is -0.478 e. The van der Waals surface area contributed by atoms with Gasteiger partial charge < -0.3 is 10.0 Å². The lowest BCUT2D eigenvalue weighted by molar-refractivity contribution is 0.0696. The monoisotopic (exact) mass is 363 g/mol. The molecule has 0 aromatic heterocycles. The first-order valence-corrected chi connectivity index (χ1v) is 8.62. The number of fused-ring (bicyclic) bond motifs is 1. The molecular weight excluding hydrogens is 345 g/mol. The molecule has 0 fully saturated rings. The third-order valence-electron chi connectivity index (χ3n) is 4.77. The van der Waals surface area contributed by atoms with E-state index in [4.69, 9.17) is 23.2 Å². The van der Waals surface area contributed by atoms with Gasteiger partial charge in [-0.05, 0) is 67.9 Å². The van der Waals surface area contributed by atoms with Crippen molar-refractivity contribution >= 4 is 29.2 Å². The molecule has 126 valence electrons. The lowest BCUT2D eigenvalue weighted by atomic mass is 9.76. The molecule has 2 atom stereocenters. The van der Waals surface area contributed by atoms with Crippen LogP contribution < -0.4 is 0 Å². The van der Waals surface area contributed by atoms with Crippen LogP contribution in [0.1, 0.15) is 51.8 Å². The number of nitrogens with zero attached hydrogens (tertiary/aromatic N) is 1. The largest absolute Gasteiger partial charge is 0.478 e. The van der Waals surface area contributed by atoms with Crippen molar-refractivity contribution in [2.45, 2.75) is 24.8 Å². The van der Waals surface area contributed by atoms with Gasteiger partial charge in [-0.25, -0.2) is 4.79 Å². The number of rotatable bonds is 3. The number of carboxylic acids is 1. The van der Waals surface area contributed by atoms with Crippen LogP contribution in [0.5, 0.6) is 0 Å². The van der Waals surface area contributed by atoms with Crippen molar-refractivity contribution in [1.82, 2.24) is 4.90 Å². The van der Waals surface area contributed by atoms with Gasteiger partial charge in [-0.2, -0.15) is 0 Å². The smallest absolute Gasteiger partial charge is 0.335 e. The Morgan fingerprint density at radius 1 is 1.04 bits per heavy atom. The van der Waals surface area contributed by atoms with Gasteiger partial charge in [-0.15, -0.1) is 0 Å². The van der Waals surface area contributed by atoms with Crippen molar-refractivity contribution in [2.75, 3.05) is 14.1 Å². The van der Waals surface area contributed by atoms with Crippen molar-refractivity contribution < 1.29 is 9.90 Å². The molecule has 2 aromatic carbocycles. The van der Waals surface area contributed by atoms with Gasteiger partial charge in [0.05, 0.1) is 15.6 Å². The standard InChI is InChI=1S/C19H19Cl2NO2/c1-22(2)18-8-6-13(11-4-7-16(20)17(21)10-11)14-5-3-12(19(23)24)9-15(14)18/h3-5,7,9-10,13,18H,6,8H2,1-2H3,(H,23,24)/t13-,18-/m0/s1. The minimum absolute atomic E-state index is 0.203. The molecule has 24 heavy (non-hydrogen) atoms. The number of carboxylic acid groups (broad SMARTS) is 1. The fraction of sp³-hybridized carbons (Fsp3) is 0.316. The van der Waals surface area contributed by atoms with E-state index in [1.807, 2.05) is 44.4 Å². The zero-order chi connectivity index (χ0) is 17.4. The second-order valence-electron chi connectivity index (χ2n) is 6.43. The van der Waals surface area contributed by atoms with Gasteiger partial charge in [0, 0.05) is 12.0 Å². The summed E-state index contributed by atoms with van der Waals surface area (Å²) in [6.07, 6.45) is 1.95. The number of benzene rings is 2. The predicted octanol–water partition coefficient (Wildman–Crippen LogP) is 5.22. The van der Waals surface area contributed by atoms with Gasteiger partial charge >= 0.3 is 5.97 Å². The fourth-order valence-corrected chi connectivity index (χ4v) is 3.87. The molecule has 2 aromatic rings. The quantitative estimate of drug-likeness (QED) is 0.812. The lowest BCUT2D eigenvalue weighted by Crippen LogP contribution is -2.26. The van der Waals surface area contributed by atoms with Crippen LogP contribution in [0, 0.1) is 0 Å². The third kappa shape index (κ3) is 3.16. The zero-order valence-electron chi connectivity index (χ0n) is 13.6. The molecule has 1 aliphatic rings. The van der Waals surface area contributed by atoms with Crippen molar-refractivity contribution in [3.63, 3.8) is 0 Å². The maximum Gasteiger partial charge on any atom is 0.335 e. The van der Waals surface area contributed by atoms with E-state index in [-0.39, 0.29) is 12.0 Å². The molecule has 0 aliphatic heterocycles. The molecule has 0 radical (unpaired) electrons. The average Bonchev–Trinajstić information content (AvgIpc) is 2.55. The normalized spacial score (nSPS) is 20.0. The zero-order valence-corrected chi connectivity index (χ0v) is 15.1. The first kappa shape index (κ1) is 17.3. The van der Waals surface area contributed by atoms with Crippen LogP contribution >= 0.6 is 23.2 Å². The Morgan fingerprint density at radius 2 is 1.79 bits per heavy atom. The molecule has 3 nitrogen and oxygen atoms in total. The minimum atomic E-state index is -0.896. The first-order chi connectivity index (χ1) is 11.4. The first-order valence-electron chi connectivity index (χ1n) is 7.87. The van der Waals surface area contributed by atoms with Crippen LogP contribution in [0.25, 0.3) is 0 Å². The van der Waals surface area contributed by atoms with Crippen LogP contribution in [-0.4, -0.2) is 30.1 Å². The highest BCUT2D eigenvalue weighted by Crippen LogP contribution is 2.44. The molecule has 0 heterocycles. The Kier molecular flexibility index (Phi) is 4.86. The number of hydrogen-bond donors (Lipinski definition) is 1. The summed E-state index contributed by atoms with van der Waals surface area (Å²) in [5.41, 5.74) is 3.70. The molecule has 0 saturated heterocycles. The highest BCUT2D eigenvalue weighted by atomic mass is 35.5. The van der Waals surface area contributed by atoms with Gasteiger partial charge in [-0.3, -0.25) is 0 Å². The van der Waals surface area contributed by atoms with E-state index in [0.29, 0.717) is 15.6 Å². The second kappa shape index (κ2) is 6.75. The van der Waals surface area contributed by atoms with Gasteiger partial charge in [-0.1, -0.05) is 35.3 Å². The summed E-state index contributed by atoms with van der Waals surface area (Å²) in [7, 11) is 4.06. The Hall–Kier alpha value is -1.55. The van der Waals surface area contributed by atoms with Gasteiger partial charge in [0.15, 0.2) is 0 Å². The summed E-state index contributed by atoms with van der Waals surface area (Å²) in [5, 5.41) is 10.4. The van der Waals surface area contributed by atoms with E-state index in [1.165, 1.54) is 5.56 Å². The van der Waals surface area contributed by atoms with Crippen molar-refractivity contribution in [1.29, 1.82) is 0 Å². The second-order valence-corrected chi connectivity index (χ2v) is 7.25. The van der Waals surface area contributed by atoms with E-state index in [0.717, 1.165) is 24.0 Å². The molecule has 0 bridgehead atoms. The number of carbonyl (C=O) groups is 1. The molecule has 0 saturated carbocycles. The highest BCUT2D eigenvalue weighted by molar-refractivity contribution is 6.42. The summed E-state index contributed by atoms with van der Waals surface area (Å²) >= 11 is 12.2. The van der Waals surface area contributed by atoms with Gasteiger partial charge in [0.2, 0.25) is 0 Å². The Labute approximate surface area is 151 Å². The summed E-state index contributed by atoms with van der Waals surface area (Å²) in [5.74, 6) is -0.694. The van der Waals surface area contributed by atoms with Crippen LogP contribution in [0.15, 0.2) is 36.4 Å². The molecule has 1 aliphatic carbocycles. The number of hydrogen-bond acceptors (Lipinski definition) is 2. The SMILES string of the molecule is CN(C)[C@H]1CC[C@@H](c2ccc(Cl)c(Cl)c2)c2ccc(C(=O)O)cc21. The van der Waals surface area contributed by atoms with Crippen LogP contribution in [0.2, 0.25) is 10.0 Å². The van der Waals surface area contributed by atoms with Crippen molar-refractivity contribution in [3.8, 4) is 0 Å². The summed E-state index contributed by atoms with van der Waals surface area (Å²) in [4.78, 5) is 13.5. The molecular formula is C19H19Cl2NO2. The van der Waals surface area contributed by atoms with E-state index < -0.39 is 5.97 Å². The van der Waals surface area contributed by atoms with Gasteiger partial charge in [0.1, 0.15) is 0 Å². The Balaban J connectivity index is 2.10. The van der Waals surface area contributed by atoms with Crippen molar-refractivity contribution in [2.24, 2.45) is 0 Å². The molecule has 1 N–H and O–H groups in total. The third-order valence-corrected chi connectivity index (χ3v) is 5.51. The topological polar surface area (TPSA) is 40.5 Å². The van der Waals surface area contributed by atoms with Crippen molar-refractivity contribution in [3.05, 3.63) is 68.7 Å². The number of aromatic carboxylic acids is 1. The van der Waals surface area contributed by atoms with E-state index >= 15 is 0 Å². The Morgan fingerprint density at radius 3 is 2.42 bits per heavy atom. The maximum absolute atomic E-state index is 11.4. The van der Waals surface area contributed by atoms with E-state index in [9.17, 15) is 9.90 Å². The van der Waals surface area contributed by atoms with Crippen LogP contribution in [0.4, 0.5) is 0 Å². The summed E-state index contributed by atoms with van der Waals surface area (Å²) < 4.78 is 0. The van der Waals surface area contributed by atoms with Crippen LogP contribution in [-0.2, 0) is 0 Å². The number of halogens is 2. The van der Waals surface area contributed by atoms with E-state index in [1.54, 1.807) is 6.07 Å². The average molecular weight is 364 g/mol. The van der Waals surface area contributed by atoms with E-state index in [2.05, 4.69) is 4.90 Å². The predicted molar refractivity (Wildman–Crippen MR) is 97.4 cm³/mol. The molecule has 0 amide bonds. The van der Waals surface area contributed by atoms with Crippen LogP contribution in [0.3, 0.4) is 0 Å². The summed E-state index contributed by atoms with van der Waals surface area (Å²) in [6, 6.07) is 11.4. The molecule has 5 heteroatoms. The fourth-order valence-electron chi connectivity index (χ4n) is 3.56. The Bertz CT molecular complexity index is 789. The maximum atomic E-state index is 11.4.